The first-order valence-corrected chi connectivity index (χ1v) is 5.62. The number of esters is 1. The molecule has 1 rings (SSSR count). The first-order valence-electron chi connectivity index (χ1n) is 5.62. The van der Waals surface area contributed by atoms with Crippen LogP contribution in [-0.2, 0) is 9.53 Å². The molecule has 1 aromatic heterocycles. The Morgan fingerprint density at radius 2 is 2.28 bits per heavy atom. The second-order valence-corrected chi connectivity index (χ2v) is 3.75. The minimum atomic E-state index is -0.923. The Labute approximate surface area is 105 Å². The number of ether oxygens (including phenoxy) is 1. The fourth-order valence-corrected chi connectivity index (χ4v) is 1.48. The SMILES string of the molecule is CCCC(Nc1ccnc(C(=O)OC)c1)C(=O)O. The van der Waals surface area contributed by atoms with Gasteiger partial charge in [0.15, 0.2) is 0 Å². The zero-order valence-corrected chi connectivity index (χ0v) is 10.3. The maximum absolute atomic E-state index is 11.3. The van der Waals surface area contributed by atoms with Crippen molar-refractivity contribution in [3.8, 4) is 0 Å². The van der Waals surface area contributed by atoms with Crippen molar-refractivity contribution >= 4 is 17.6 Å². The van der Waals surface area contributed by atoms with Gasteiger partial charge < -0.3 is 15.2 Å². The number of carbonyl (C=O) groups is 2. The van der Waals surface area contributed by atoms with Crippen LogP contribution in [0.3, 0.4) is 0 Å². The number of aliphatic carboxylic acids is 1. The minimum Gasteiger partial charge on any atom is -0.480 e. The zero-order chi connectivity index (χ0) is 13.5. The summed E-state index contributed by atoms with van der Waals surface area (Å²) in [7, 11) is 1.27. The second kappa shape index (κ2) is 6.58. The number of anilines is 1. The number of carboxylic acids is 1. The van der Waals surface area contributed by atoms with Crippen LogP contribution in [0.15, 0.2) is 18.3 Å². The predicted molar refractivity (Wildman–Crippen MR) is 65.5 cm³/mol. The van der Waals surface area contributed by atoms with Gasteiger partial charge in [-0.05, 0) is 18.6 Å². The van der Waals surface area contributed by atoms with Crippen molar-refractivity contribution in [1.29, 1.82) is 0 Å². The summed E-state index contributed by atoms with van der Waals surface area (Å²) in [6.45, 7) is 1.91. The van der Waals surface area contributed by atoms with Gasteiger partial charge in [0, 0.05) is 11.9 Å². The van der Waals surface area contributed by atoms with Crippen LogP contribution in [0, 0.1) is 0 Å². The van der Waals surface area contributed by atoms with Crippen LogP contribution in [0.25, 0.3) is 0 Å². The van der Waals surface area contributed by atoms with Crippen LogP contribution in [0.5, 0.6) is 0 Å². The molecule has 0 aliphatic heterocycles. The topological polar surface area (TPSA) is 88.5 Å². The highest BCUT2D eigenvalue weighted by Gasteiger charge is 2.16. The number of carboxylic acid groups (broad SMARTS) is 1. The number of carbonyl (C=O) groups excluding carboxylic acids is 1. The maximum Gasteiger partial charge on any atom is 0.356 e. The van der Waals surface area contributed by atoms with Crippen molar-refractivity contribution in [2.75, 3.05) is 12.4 Å². The van der Waals surface area contributed by atoms with Crippen molar-refractivity contribution < 1.29 is 19.4 Å². The molecule has 1 unspecified atom stereocenters. The van der Waals surface area contributed by atoms with E-state index in [1.54, 1.807) is 6.07 Å². The summed E-state index contributed by atoms with van der Waals surface area (Å²) in [6, 6.07) is 2.40. The summed E-state index contributed by atoms with van der Waals surface area (Å²) in [5.74, 6) is -1.48. The number of pyridine rings is 1. The van der Waals surface area contributed by atoms with Crippen molar-refractivity contribution in [2.24, 2.45) is 0 Å². The van der Waals surface area contributed by atoms with Crippen LogP contribution >= 0.6 is 0 Å². The van der Waals surface area contributed by atoms with Crippen LogP contribution in [0.1, 0.15) is 30.3 Å². The van der Waals surface area contributed by atoms with Gasteiger partial charge in [-0.15, -0.1) is 0 Å². The molecule has 0 bridgehead atoms. The summed E-state index contributed by atoms with van der Waals surface area (Å²) in [5, 5.41) is 11.9. The van der Waals surface area contributed by atoms with Crippen molar-refractivity contribution in [1.82, 2.24) is 4.98 Å². The van der Waals surface area contributed by atoms with Crippen molar-refractivity contribution in [3.05, 3.63) is 24.0 Å². The Morgan fingerprint density at radius 3 is 2.83 bits per heavy atom. The molecule has 1 aromatic rings. The first kappa shape index (κ1) is 14.0. The average Bonchev–Trinajstić information content (AvgIpc) is 2.37. The van der Waals surface area contributed by atoms with Crippen LogP contribution < -0.4 is 5.32 Å². The first-order chi connectivity index (χ1) is 8.58. The quantitative estimate of drug-likeness (QED) is 0.746. The van der Waals surface area contributed by atoms with E-state index in [1.165, 1.54) is 19.4 Å². The molecule has 18 heavy (non-hydrogen) atoms. The average molecular weight is 252 g/mol. The number of hydrogen-bond donors (Lipinski definition) is 2. The standard InChI is InChI=1S/C12H16N2O4/c1-3-4-9(11(15)16)14-8-5-6-13-10(7-8)12(17)18-2/h5-7,9H,3-4H2,1-2H3,(H,13,14)(H,15,16). The fourth-order valence-electron chi connectivity index (χ4n) is 1.48. The molecule has 1 atom stereocenters. The van der Waals surface area contributed by atoms with E-state index in [9.17, 15) is 9.59 Å². The van der Waals surface area contributed by atoms with Crippen molar-refractivity contribution in [2.45, 2.75) is 25.8 Å². The van der Waals surface area contributed by atoms with E-state index in [4.69, 9.17) is 5.11 Å². The van der Waals surface area contributed by atoms with Crippen molar-refractivity contribution in [3.63, 3.8) is 0 Å². The Balaban J connectivity index is 2.83. The number of rotatable bonds is 6. The van der Waals surface area contributed by atoms with Gasteiger partial charge in [-0.3, -0.25) is 0 Å². The Morgan fingerprint density at radius 1 is 1.56 bits per heavy atom. The Bertz CT molecular complexity index is 434. The molecule has 2 N–H and O–H groups in total. The lowest BCUT2D eigenvalue weighted by atomic mass is 10.1. The lowest BCUT2D eigenvalue weighted by Crippen LogP contribution is -2.29. The summed E-state index contributed by atoms with van der Waals surface area (Å²) >= 11 is 0. The molecule has 6 heteroatoms. The van der Waals surface area contributed by atoms with E-state index in [2.05, 4.69) is 15.0 Å². The third-order valence-electron chi connectivity index (χ3n) is 2.37. The minimum absolute atomic E-state index is 0.142. The highest BCUT2D eigenvalue weighted by atomic mass is 16.5. The van der Waals surface area contributed by atoms with Crippen LogP contribution in [-0.4, -0.2) is 35.2 Å². The van der Waals surface area contributed by atoms with Crippen LogP contribution in [0.4, 0.5) is 5.69 Å². The number of nitrogens with one attached hydrogen (secondary N) is 1. The molecule has 6 nitrogen and oxygen atoms in total. The zero-order valence-electron chi connectivity index (χ0n) is 10.3. The Hall–Kier alpha value is -2.11. The molecule has 0 aromatic carbocycles. The molecule has 0 aliphatic rings. The molecule has 0 spiro atoms. The van der Waals surface area contributed by atoms with Gasteiger partial charge in [0.05, 0.1) is 7.11 Å². The smallest absolute Gasteiger partial charge is 0.356 e. The second-order valence-electron chi connectivity index (χ2n) is 3.75. The highest BCUT2D eigenvalue weighted by Crippen LogP contribution is 2.12. The van der Waals surface area contributed by atoms with E-state index in [0.29, 0.717) is 12.1 Å². The molecular formula is C12H16N2O4. The summed E-state index contributed by atoms with van der Waals surface area (Å²) in [5.41, 5.74) is 0.675. The van der Waals surface area contributed by atoms with Gasteiger partial charge in [-0.2, -0.15) is 0 Å². The molecule has 0 radical (unpaired) electrons. The summed E-state index contributed by atoms with van der Waals surface area (Å²) in [6.07, 6.45) is 2.68. The molecule has 0 saturated heterocycles. The summed E-state index contributed by atoms with van der Waals surface area (Å²) < 4.78 is 4.55. The van der Waals surface area contributed by atoms with Gasteiger partial charge >= 0.3 is 11.9 Å². The van der Waals surface area contributed by atoms with Gasteiger partial charge in [0.2, 0.25) is 0 Å². The van der Waals surface area contributed by atoms with Gasteiger partial charge in [-0.1, -0.05) is 13.3 Å². The number of hydrogen-bond acceptors (Lipinski definition) is 5. The highest BCUT2D eigenvalue weighted by molar-refractivity contribution is 5.88. The van der Waals surface area contributed by atoms with Gasteiger partial charge in [-0.25, -0.2) is 14.6 Å². The molecule has 0 fully saturated rings. The third-order valence-corrected chi connectivity index (χ3v) is 2.37. The fraction of sp³-hybridized carbons (Fsp3) is 0.417. The summed E-state index contributed by atoms with van der Waals surface area (Å²) in [4.78, 5) is 26.1. The van der Waals surface area contributed by atoms with E-state index in [-0.39, 0.29) is 5.69 Å². The lowest BCUT2D eigenvalue weighted by molar-refractivity contribution is -0.138. The molecular weight excluding hydrogens is 236 g/mol. The normalized spacial score (nSPS) is 11.7. The number of methoxy groups -OCH3 is 1. The predicted octanol–water partition coefficient (Wildman–Crippen LogP) is 1.53. The molecule has 0 amide bonds. The van der Waals surface area contributed by atoms with E-state index < -0.39 is 18.0 Å². The van der Waals surface area contributed by atoms with E-state index >= 15 is 0 Å². The maximum atomic E-state index is 11.3. The molecule has 1 heterocycles. The molecule has 98 valence electrons. The van der Waals surface area contributed by atoms with Gasteiger partial charge in [0.25, 0.3) is 0 Å². The lowest BCUT2D eigenvalue weighted by Gasteiger charge is -2.14. The number of aromatic nitrogens is 1. The molecule has 0 saturated carbocycles. The van der Waals surface area contributed by atoms with Gasteiger partial charge in [0.1, 0.15) is 11.7 Å². The number of nitrogens with zero attached hydrogens (tertiary/aromatic N) is 1. The largest absolute Gasteiger partial charge is 0.480 e. The monoisotopic (exact) mass is 252 g/mol. The Kier molecular flexibility index (Phi) is 5.10. The third kappa shape index (κ3) is 3.73. The van der Waals surface area contributed by atoms with Crippen LogP contribution in [0.2, 0.25) is 0 Å². The molecule has 0 aliphatic carbocycles. The van der Waals surface area contributed by atoms with E-state index in [1.807, 2.05) is 6.92 Å². The van der Waals surface area contributed by atoms with E-state index in [0.717, 1.165) is 6.42 Å².